The highest BCUT2D eigenvalue weighted by Gasteiger charge is 2.31. The highest BCUT2D eigenvalue weighted by Crippen LogP contribution is 2.30. The van der Waals surface area contributed by atoms with Gasteiger partial charge in [-0.25, -0.2) is 9.59 Å². The number of rotatable bonds is 10. The van der Waals surface area contributed by atoms with Crippen molar-refractivity contribution in [1.29, 1.82) is 10.8 Å². The van der Waals surface area contributed by atoms with E-state index < -0.39 is 47.5 Å². The molecule has 0 atom stereocenters. The second-order valence-corrected chi connectivity index (χ2v) is 10.5. The molecular weight excluding hydrogens is 622 g/mol. The van der Waals surface area contributed by atoms with Gasteiger partial charge in [0.25, 0.3) is 0 Å². The third kappa shape index (κ3) is 10.8. The molecule has 0 radical (unpaired) electrons. The van der Waals surface area contributed by atoms with Crippen molar-refractivity contribution in [3.05, 3.63) is 59.7 Å². The Labute approximate surface area is 261 Å². The molecule has 0 spiro atoms. The van der Waals surface area contributed by atoms with Crippen LogP contribution in [0, 0.1) is 10.8 Å². The van der Waals surface area contributed by atoms with Crippen molar-refractivity contribution < 1.29 is 35.9 Å². The SMILES string of the molecule is N=C(N)N(CCCN1CCN(CCCN(C(=N)N)C(=O)Nc2ccc(C(F)(F)F)cc2)CC1)C(=O)Nc1ccc(C(F)(F)F)cc1. The average Bonchev–Trinajstić information content (AvgIpc) is 2.97. The third-order valence-electron chi connectivity index (χ3n) is 7.18. The molecule has 1 heterocycles. The Morgan fingerprint density at radius 3 is 1.22 bits per heavy atom. The third-order valence-corrected chi connectivity index (χ3v) is 7.18. The smallest absolute Gasteiger partial charge is 0.370 e. The number of guanidine groups is 2. The van der Waals surface area contributed by atoms with E-state index in [2.05, 4.69) is 20.4 Å². The van der Waals surface area contributed by atoms with Crippen LogP contribution in [-0.2, 0) is 12.4 Å². The minimum Gasteiger partial charge on any atom is -0.370 e. The minimum absolute atomic E-state index is 0.122. The van der Waals surface area contributed by atoms with Crippen LogP contribution in [0.5, 0.6) is 0 Å². The fourth-order valence-electron chi connectivity index (χ4n) is 4.67. The average molecular weight is 659 g/mol. The van der Waals surface area contributed by atoms with E-state index >= 15 is 0 Å². The van der Waals surface area contributed by atoms with Crippen molar-refractivity contribution in [3.8, 4) is 0 Å². The standard InChI is InChI=1S/C28H36F6N10O2/c29-27(30,31)19-3-7-21(8-4-19)39-25(45)43(23(35)36)13-1-11-41-15-17-42(18-16-41)12-2-14-44(24(37)38)26(46)40-22-9-5-20(6-10-22)28(32,33)34/h3-10H,1-2,11-18H2,(H3,35,36)(H3,37,38)(H,39,45)(H,40,46). The predicted octanol–water partition coefficient (Wildman–Crippen LogP) is 4.28. The first-order chi connectivity index (χ1) is 21.5. The molecule has 1 saturated heterocycles. The highest BCUT2D eigenvalue weighted by atomic mass is 19.4. The Kier molecular flexibility index (Phi) is 12.2. The van der Waals surface area contributed by atoms with E-state index in [9.17, 15) is 35.9 Å². The number of amides is 4. The molecule has 1 fully saturated rings. The Bertz CT molecular complexity index is 1240. The second-order valence-electron chi connectivity index (χ2n) is 10.5. The zero-order chi connectivity index (χ0) is 34.1. The monoisotopic (exact) mass is 658 g/mol. The fourth-order valence-corrected chi connectivity index (χ4v) is 4.67. The summed E-state index contributed by atoms with van der Waals surface area (Å²) in [6.07, 6.45) is -8.03. The van der Waals surface area contributed by atoms with Gasteiger partial charge in [-0.1, -0.05) is 0 Å². The summed E-state index contributed by atoms with van der Waals surface area (Å²) in [5, 5.41) is 20.4. The zero-order valence-electron chi connectivity index (χ0n) is 24.7. The molecule has 8 N–H and O–H groups in total. The first-order valence-corrected chi connectivity index (χ1v) is 14.2. The Balaban J connectivity index is 1.37. The number of alkyl halides is 6. The van der Waals surface area contributed by atoms with E-state index in [-0.39, 0.29) is 24.5 Å². The normalized spacial score (nSPS) is 14.4. The summed E-state index contributed by atoms with van der Waals surface area (Å²) < 4.78 is 76.6. The second kappa shape index (κ2) is 15.6. The van der Waals surface area contributed by atoms with Gasteiger partial charge in [0.05, 0.1) is 11.1 Å². The van der Waals surface area contributed by atoms with Crippen LogP contribution in [0.25, 0.3) is 0 Å². The van der Waals surface area contributed by atoms with Gasteiger partial charge in [-0.15, -0.1) is 0 Å². The number of benzene rings is 2. The molecule has 12 nitrogen and oxygen atoms in total. The van der Waals surface area contributed by atoms with Crippen molar-refractivity contribution in [2.24, 2.45) is 11.5 Å². The van der Waals surface area contributed by atoms with Gasteiger partial charge in [0, 0.05) is 50.6 Å². The lowest BCUT2D eigenvalue weighted by molar-refractivity contribution is -0.138. The molecule has 0 saturated carbocycles. The van der Waals surface area contributed by atoms with Gasteiger partial charge < -0.3 is 31.9 Å². The van der Waals surface area contributed by atoms with Crippen LogP contribution in [0.1, 0.15) is 24.0 Å². The molecule has 0 bridgehead atoms. The lowest BCUT2D eigenvalue weighted by atomic mass is 10.2. The van der Waals surface area contributed by atoms with Gasteiger partial charge >= 0.3 is 24.4 Å². The molecule has 3 rings (SSSR count). The van der Waals surface area contributed by atoms with Crippen molar-refractivity contribution in [3.63, 3.8) is 0 Å². The minimum atomic E-state index is -4.50. The van der Waals surface area contributed by atoms with Crippen molar-refractivity contribution in [2.75, 3.05) is 63.0 Å². The summed E-state index contributed by atoms with van der Waals surface area (Å²) in [7, 11) is 0. The quantitative estimate of drug-likeness (QED) is 0.126. The van der Waals surface area contributed by atoms with Crippen LogP contribution in [-0.4, -0.2) is 95.9 Å². The number of piperazine rings is 1. The van der Waals surface area contributed by atoms with Crippen molar-refractivity contribution in [2.45, 2.75) is 25.2 Å². The largest absolute Gasteiger partial charge is 0.416 e. The van der Waals surface area contributed by atoms with Crippen LogP contribution in [0.15, 0.2) is 48.5 Å². The summed E-state index contributed by atoms with van der Waals surface area (Å²) in [5.41, 5.74) is 9.69. The van der Waals surface area contributed by atoms with Crippen molar-refractivity contribution >= 4 is 35.4 Å². The number of halogens is 6. The first kappa shape index (κ1) is 35.9. The first-order valence-electron chi connectivity index (χ1n) is 14.2. The number of carbonyl (C=O) groups excluding carboxylic acids is 2. The highest BCUT2D eigenvalue weighted by molar-refractivity contribution is 6.01. The summed E-state index contributed by atoms with van der Waals surface area (Å²) in [5.74, 6) is -0.997. The molecule has 252 valence electrons. The summed E-state index contributed by atoms with van der Waals surface area (Å²) in [6, 6.07) is 6.39. The Morgan fingerprint density at radius 2 is 0.957 bits per heavy atom. The number of nitrogens with one attached hydrogen (secondary N) is 4. The number of nitrogens with zero attached hydrogens (tertiary/aromatic N) is 4. The van der Waals surface area contributed by atoms with Gasteiger partial charge in [-0.3, -0.25) is 20.6 Å². The summed E-state index contributed by atoms with van der Waals surface area (Å²) in [6.45, 7) is 4.30. The van der Waals surface area contributed by atoms with Crippen molar-refractivity contribution in [1.82, 2.24) is 19.6 Å². The van der Waals surface area contributed by atoms with E-state index in [1.165, 1.54) is 0 Å². The molecular formula is C28H36F6N10O2. The summed E-state index contributed by atoms with van der Waals surface area (Å²) >= 11 is 0. The molecule has 1 aliphatic heterocycles. The number of urea groups is 2. The van der Waals surface area contributed by atoms with Gasteiger partial charge in [0.1, 0.15) is 0 Å². The van der Waals surface area contributed by atoms with Crippen LogP contribution >= 0.6 is 0 Å². The summed E-state index contributed by atoms with van der Waals surface area (Å²) in [4.78, 5) is 31.5. The maximum Gasteiger partial charge on any atom is 0.416 e. The topological polar surface area (TPSA) is 171 Å². The van der Waals surface area contributed by atoms with E-state index in [4.69, 9.17) is 22.3 Å². The number of hydrogen-bond acceptors (Lipinski definition) is 6. The van der Waals surface area contributed by atoms with E-state index in [0.29, 0.717) is 52.1 Å². The van der Waals surface area contributed by atoms with Gasteiger partial charge in [0.2, 0.25) is 0 Å². The van der Waals surface area contributed by atoms with Crippen LogP contribution in [0.2, 0.25) is 0 Å². The fraction of sp³-hybridized carbons (Fsp3) is 0.429. The molecule has 4 amide bonds. The molecule has 1 aliphatic rings. The van der Waals surface area contributed by atoms with Crippen LogP contribution in [0.4, 0.5) is 47.3 Å². The molecule has 18 heteroatoms. The van der Waals surface area contributed by atoms with Crippen LogP contribution in [0.3, 0.4) is 0 Å². The number of carbonyl (C=O) groups is 2. The Morgan fingerprint density at radius 1 is 0.652 bits per heavy atom. The number of hydrogen-bond donors (Lipinski definition) is 6. The van der Waals surface area contributed by atoms with E-state index in [1.54, 1.807) is 0 Å². The lowest BCUT2D eigenvalue weighted by Gasteiger charge is -2.35. The van der Waals surface area contributed by atoms with Gasteiger partial charge in [0.15, 0.2) is 11.9 Å². The number of nitrogens with two attached hydrogens (primary N) is 2. The van der Waals surface area contributed by atoms with Gasteiger partial charge in [-0.05, 0) is 74.5 Å². The molecule has 0 unspecified atom stereocenters. The number of anilines is 2. The Hall–Kier alpha value is -4.58. The predicted molar refractivity (Wildman–Crippen MR) is 160 cm³/mol. The molecule has 46 heavy (non-hydrogen) atoms. The van der Waals surface area contributed by atoms with E-state index in [0.717, 1.165) is 58.3 Å². The molecule has 2 aromatic rings. The zero-order valence-corrected chi connectivity index (χ0v) is 24.7. The van der Waals surface area contributed by atoms with E-state index in [1.807, 2.05) is 0 Å². The molecule has 0 aliphatic carbocycles. The maximum absolute atomic E-state index is 12.8. The van der Waals surface area contributed by atoms with Gasteiger partial charge in [-0.2, -0.15) is 26.3 Å². The van der Waals surface area contributed by atoms with Crippen LogP contribution < -0.4 is 22.1 Å². The molecule has 2 aromatic carbocycles. The maximum atomic E-state index is 12.8. The molecule has 0 aromatic heterocycles. The lowest BCUT2D eigenvalue weighted by Crippen LogP contribution is -2.49.